The third-order valence-corrected chi connectivity index (χ3v) is 3.98. The van der Waals surface area contributed by atoms with Gasteiger partial charge in [0.2, 0.25) is 5.91 Å². The monoisotopic (exact) mass is 288 g/mol. The molecule has 1 fully saturated rings. The van der Waals surface area contributed by atoms with E-state index in [1.54, 1.807) is 0 Å². The van der Waals surface area contributed by atoms with Gasteiger partial charge in [-0.25, -0.2) is 0 Å². The summed E-state index contributed by atoms with van der Waals surface area (Å²) >= 11 is 0. The van der Waals surface area contributed by atoms with Gasteiger partial charge in [0.05, 0.1) is 0 Å². The molecule has 0 saturated heterocycles. The average molecular weight is 288 g/mol. The van der Waals surface area contributed by atoms with Crippen LogP contribution >= 0.6 is 0 Å². The van der Waals surface area contributed by atoms with Crippen LogP contribution in [0, 0.1) is 5.92 Å². The molecule has 0 bridgehead atoms. The Labute approximate surface area is 128 Å². The Morgan fingerprint density at radius 2 is 2.00 bits per heavy atom. The molecule has 0 aromatic heterocycles. The Morgan fingerprint density at radius 3 is 2.71 bits per heavy atom. The first-order chi connectivity index (χ1) is 10.2. The van der Waals surface area contributed by atoms with Crippen LogP contribution in [-0.4, -0.2) is 11.9 Å². The third-order valence-electron chi connectivity index (χ3n) is 3.98. The van der Waals surface area contributed by atoms with Crippen molar-refractivity contribution in [3.63, 3.8) is 0 Å². The second-order valence-electron chi connectivity index (χ2n) is 6.24. The van der Waals surface area contributed by atoms with Crippen molar-refractivity contribution in [3.8, 4) is 0 Å². The molecule has 1 aromatic carbocycles. The number of hydrogen-bond donors (Lipinski definition) is 2. The van der Waals surface area contributed by atoms with E-state index in [4.69, 9.17) is 0 Å². The zero-order valence-corrected chi connectivity index (χ0v) is 13.3. The Balaban J connectivity index is 1.78. The van der Waals surface area contributed by atoms with Crippen molar-refractivity contribution in [3.05, 3.63) is 24.3 Å². The number of benzene rings is 1. The largest absolute Gasteiger partial charge is 0.383 e. The molecule has 1 saturated carbocycles. The lowest BCUT2D eigenvalue weighted by atomic mass is 10.1. The van der Waals surface area contributed by atoms with Crippen molar-refractivity contribution in [2.75, 3.05) is 10.6 Å². The smallest absolute Gasteiger partial charge is 0.227 e. The summed E-state index contributed by atoms with van der Waals surface area (Å²) in [5, 5.41) is 6.52. The molecule has 0 spiro atoms. The second-order valence-corrected chi connectivity index (χ2v) is 6.24. The zero-order chi connectivity index (χ0) is 15.1. The standard InChI is InChI=1S/C18H28N2O/c1-3-4-5-6-8-14(2)19-16-9-7-10-17(13-16)20-18(21)15-11-12-15/h7,9-10,13-15,19H,3-6,8,11-12H2,1-2H3,(H,20,21). The van der Waals surface area contributed by atoms with Crippen LogP contribution in [-0.2, 0) is 4.79 Å². The highest BCUT2D eigenvalue weighted by atomic mass is 16.2. The summed E-state index contributed by atoms with van der Waals surface area (Å²) in [6.45, 7) is 4.46. The Bertz CT molecular complexity index is 454. The Hall–Kier alpha value is -1.51. The average Bonchev–Trinajstić information content (AvgIpc) is 3.28. The minimum Gasteiger partial charge on any atom is -0.383 e. The van der Waals surface area contributed by atoms with Crippen LogP contribution in [0.25, 0.3) is 0 Å². The van der Waals surface area contributed by atoms with Crippen LogP contribution < -0.4 is 10.6 Å². The quantitative estimate of drug-likeness (QED) is 0.640. The van der Waals surface area contributed by atoms with Crippen molar-refractivity contribution in [1.82, 2.24) is 0 Å². The van der Waals surface area contributed by atoms with Crippen molar-refractivity contribution in [2.45, 2.75) is 64.8 Å². The lowest BCUT2D eigenvalue weighted by Crippen LogP contribution is -2.16. The van der Waals surface area contributed by atoms with Crippen molar-refractivity contribution >= 4 is 17.3 Å². The highest BCUT2D eigenvalue weighted by Crippen LogP contribution is 2.30. The second kappa shape index (κ2) is 8.06. The maximum Gasteiger partial charge on any atom is 0.227 e. The molecular formula is C18H28N2O. The lowest BCUT2D eigenvalue weighted by molar-refractivity contribution is -0.117. The van der Waals surface area contributed by atoms with Crippen molar-refractivity contribution < 1.29 is 4.79 Å². The summed E-state index contributed by atoms with van der Waals surface area (Å²) < 4.78 is 0. The van der Waals surface area contributed by atoms with Crippen molar-refractivity contribution in [2.24, 2.45) is 5.92 Å². The molecule has 116 valence electrons. The molecule has 1 unspecified atom stereocenters. The molecule has 1 aliphatic rings. The van der Waals surface area contributed by atoms with Crippen LogP contribution in [0.1, 0.15) is 58.8 Å². The fourth-order valence-corrected chi connectivity index (χ4v) is 2.51. The Kier molecular flexibility index (Phi) is 6.09. The molecule has 1 aliphatic carbocycles. The van der Waals surface area contributed by atoms with Crippen LogP contribution in [0.2, 0.25) is 0 Å². The van der Waals surface area contributed by atoms with E-state index in [1.165, 1.54) is 32.1 Å². The SMILES string of the molecule is CCCCCCC(C)Nc1cccc(NC(=O)C2CC2)c1. The summed E-state index contributed by atoms with van der Waals surface area (Å²) in [5.41, 5.74) is 1.99. The van der Waals surface area contributed by atoms with Gasteiger partial charge >= 0.3 is 0 Å². The van der Waals surface area contributed by atoms with E-state index in [0.29, 0.717) is 6.04 Å². The number of unbranched alkanes of at least 4 members (excludes halogenated alkanes) is 3. The molecule has 3 nitrogen and oxygen atoms in total. The van der Waals surface area contributed by atoms with E-state index in [9.17, 15) is 4.79 Å². The molecule has 0 aliphatic heterocycles. The number of carbonyl (C=O) groups is 1. The van der Waals surface area contributed by atoms with Crippen LogP contribution in [0.4, 0.5) is 11.4 Å². The third kappa shape index (κ3) is 5.78. The van der Waals surface area contributed by atoms with Gasteiger partial charge in [-0.3, -0.25) is 4.79 Å². The number of nitrogens with one attached hydrogen (secondary N) is 2. The minimum atomic E-state index is 0.166. The first kappa shape index (κ1) is 15.9. The number of carbonyl (C=O) groups excluding carboxylic acids is 1. The molecule has 21 heavy (non-hydrogen) atoms. The van der Waals surface area contributed by atoms with Gasteiger partial charge in [0.25, 0.3) is 0 Å². The van der Waals surface area contributed by atoms with E-state index >= 15 is 0 Å². The summed E-state index contributed by atoms with van der Waals surface area (Å²) in [5.74, 6) is 0.416. The summed E-state index contributed by atoms with van der Waals surface area (Å²) in [6, 6.07) is 8.51. The summed E-state index contributed by atoms with van der Waals surface area (Å²) in [7, 11) is 0. The van der Waals surface area contributed by atoms with Gasteiger partial charge < -0.3 is 10.6 Å². The molecular weight excluding hydrogens is 260 g/mol. The zero-order valence-electron chi connectivity index (χ0n) is 13.3. The van der Waals surface area contributed by atoms with Crippen LogP contribution in [0.3, 0.4) is 0 Å². The first-order valence-corrected chi connectivity index (χ1v) is 8.36. The van der Waals surface area contributed by atoms with Gasteiger partial charge in [-0.1, -0.05) is 38.7 Å². The fraction of sp³-hybridized carbons (Fsp3) is 0.611. The molecule has 3 heteroatoms. The molecule has 0 heterocycles. The van der Waals surface area contributed by atoms with Gasteiger partial charge in [0.15, 0.2) is 0 Å². The first-order valence-electron chi connectivity index (χ1n) is 8.36. The molecule has 0 radical (unpaired) electrons. The molecule has 2 N–H and O–H groups in total. The van der Waals surface area contributed by atoms with Gasteiger partial charge in [-0.2, -0.15) is 0 Å². The van der Waals surface area contributed by atoms with E-state index in [2.05, 4.69) is 30.5 Å². The summed E-state index contributed by atoms with van der Waals surface area (Å²) in [4.78, 5) is 11.8. The van der Waals surface area contributed by atoms with Crippen molar-refractivity contribution in [1.29, 1.82) is 0 Å². The van der Waals surface area contributed by atoms with Gasteiger partial charge in [0, 0.05) is 23.3 Å². The maximum atomic E-state index is 11.8. The van der Waals surface area contributed by atoms with E-state index in [0.717, 1.165) is 24.2 Å². The number of anilines is 2. The lowest BCUT2D eigenvalue weighted by Gasteiger charge is -2.16. The molecule has 1 atom stereocenters. The minimum absolute atomic E-state index is 0.166. The Morgan fingerprint density at radius 1 is 1.24 bits per heavy atom. The highest BCUT2D eigenvalue weighted by molar-refractivity contribution is 5.94. The fourth-order valence-electron chi connectivity index (χ4n) is 2.51. The molecule has 1 aromatic rings. The normalized spacial score (nSPS) is 15.5. The number of amides is 1. The van der Waals surface area contributed by atoms with Gasteiger partial charge in [-0.05, 0) is 44.4 Å². The predicted octanol–water partition coefficient (Wildman–Crippen LogP) is 4.81. The topological polar surface area (TPSA) is 41.1 Å². The van der Waals surface area contributed by atoms with E-state index < -0.39 is 0 Å². The van der Waals surface area contributed by atoms with Crippen LogP contribution in [0.5, 0.6) is 0 Å². The predicted molar refractivity (Wildman–Crippen MR) is 89.6 cm³/mol. The molecule has 2 rings (SSSR count). The van der Waals surface area contributed by atoms with Gasteiger partial charge in [-0.15, -0.1) is 0 Å². The maximum absolute atomic E-state index is 11.8. The van der Waals surface area contributed by atoms with E-state index in [1.807, 2.05) is 18.2 Å². The number of hydrogen-bond acceptors (Lipinski definition) is 2. The van der Waals surface area contributed by atoms with Gasteiger partial charge in [0.1, 0.15) is 0 Å². The van der Waals surface area contributed by atoms with Crippen LogP contribution in [0.15, 0.2) is 24.3 Å². The summed E-state index contributed by atoms with van der Waals surface area (Å²) in [6.07, 6.45) is 8.48. The van der Waals surface area contributed by atoms with E-state index in [-0.39, 0.29) is 11.8 Å². The highest BCUT2D eigenvalue weighted by Gasteiger charge is 2.29. The number of rotatable bonds is 9. The molecule has 1 amide bonds.